The molecule has 0 saturated carbocycles. The van der Waals surface area contributed by atoms with Crippen LogP contribution in [0, 0.1) is 6.92 Å². The van der Waals surface area contributed by atoms with Gasteiger partial charge in [0, 0.05) is 19.3 Å². The van der Waals surface area contributed by atoms with Crippen molar-refractivity contribution in [3.63, 3.8) is 0 Å². The number of ether oxygens (including phenoxy) is 1. The summed E-state index contributed by atoms with van der Waals surface area (Å²) in [6.45, 7) is 4.33. The van der Waals surface area contributed by atoms with Gasteiger partial charge in [-0.1, -0.05) is 30.3 Å². The zero-order chi connectivity index (χ0) is 16.9. The summed E-state index contributed by atoms with van der Waals surface area (Å²) in [7, 11) is 0. The van der Waals surface area contributed by atoms with Crippen LogP contribution in [-0.4, -0.2) is 52.4 Å². The van der Waals surface area contributed by atoms with Crippen LogP contribution in [0.4, 0.5) is 0 Å². The first-order valence-corrected chi connectivity index (χ1v) is 8.31. The summed E-state index contributed by atoms with van der Waals surface area (Å²) in [5, 5.41) is 4.28. The lowest BCUT2D eigenvalue weighted by Gasteiger charge is -2.34. The first kappa shape index (κ1) is 16.7. The lowest BCUT2D eigenvalue weighted by atomic mass is 10.1. The highest BCUT2D eigenvalue weighted by molar-refractivity contribution is 5.82. The molecule has 1 amide bonds. The number of carbonyl (C=O) groups is 1. The topological polar surface area (TPSA) is 73.4 Å². The molecule has 0 radical (unpaired) electrons. The number of rotatable bonds is 5. The van der Waals surface area contributed by atoms with E-state index in [4.69, 9.17) is 10.5 Å². The second-order valence-corrected chi connectivity index (χ2v) is 6.31. The first-order chi connectivity index (χ1) is 11.6. The van der Waals surface area contributed by atoms with Crippen molar-refractivity contribution in [2.75, 3.05) is 19.7 Å². The highest BCUT2D eigenvalue weighted by atomic mass is 16.5. The Morgan fingerprint density at radius 1 is 1.42 bits per heavy atom. The van der Waals surface area contributed by atoms with E-state index in [9.17, 15) is 4.79 Å². The summed E-state index contributed by atoms with van der Waals surface area (Å²) in [4.78, 5) is 14.4. The van der Waals surface area contributed by atoms with Crippen LogP contribution >= 0.6 is 0 Å². The van der Waals surface area contributed by atoms with Crippen LogP contribution in [-0.2, 0) is 22.5 Å². The van der Waals surface area contributed by atoms with Crippen LogP contribution in [0.1, 0.15) is 11.1 Å². The van der Waals surface area contributed by atoms with Gasteiger partial charge in [-0.05, 0) is 24.5 Å². The second kappa shape index (κ2) is 7.59. The van der Waals surface area contributed by atoms with Crippen molar-refractivity contribution in [3.05, 3.63) is 53.9 Å². The monoisotopic (exact) mass is 328 g/mol. The SMILES string of the molecule is Cc1cnn(CC2CN(C(=O)C(N)Cc3ccccc3)CCO2)c1. The van der Waals surface area contributed by atoms with E-state index in [0.717, 1.165) is 11.1 Å². The van der Waals surface area contributed by atoms with E-state index in [1.807, 2.05) is 59.2 Å². The lowest BCUT2D eigenvalue weighted by Crippen LogP contribution is -2.52. The maximum absolute atomic E-state index is 12.6. The van der Waals surface area contributed by atoms with Crippen molar-refractivity contribution in [1.82, 2.24) is 14.7 Å². The van der Waals surface area contributed by atoms with E-state index in [1.165, 1.54) is 0 Å². The molecule has 24 heavy (non-hydrogen) atoms. The number of carbonyl (C=O) groups excluding carboxylic acids is 1. The van der Waals surface area contributed by atoms with Gasteiger partial charge < -0.3 is 15.4 Å². The van der Waals surface area contributed by atoms with Gasteiger partial charge in [0.2, 0.25) is 5.91 Å². The van der Waals surface area contributed by atoms with Crippen LogP contribution in [0.2, 0.25) is 0 Å². The molecular weight excluding hydrogens is 304 g/mol. The number of nitrogens with zero attached hydrogens (tertiary/aromatic N) is 3. The number of hydrogen-bond acceptors (Lipinski definition) is 4. The number of aromatic nitrogens is 2. The van der Waals surface area contributed by atoms with Crippen LogP contribution < -0.4 is 5.73 Å². The third-order valence-corrected chi connectivity index (χ3v) is 4.22. The second-order valence-electron chi connectivity index (χ2n) is 6.31. The zero-order valence-electron chi connectivity index (χ0n) is 14.0. The summed E-state index contributed by atoms with van der Waals surface area (Å²) < 4.78 is 7.63. The molecule has 1 aliphatic heterocycles. The molecule has 128 valence electrons. The summed E-state index contributed by atoms with van der Waals surface area (Å²) >= 11 is 0. The van der Waals surface area contributed by atoms with Crippen LogP contribution in [0.5, 0.6) is 0 Å². The highest BCUT2D eigenvalue weighted by Gasteiger charge is 2.28. The Kier molecular flexibility index (Phi) is 5.27. The standard InChI is InChI=1S/C18H24N4O2/c1-14-10-20-22(11-14)13-16-12-21(7-8-24-16)18(23)17(19)9-15-5-3-2-4-6-15/h2-6,10-11,16-17H,7-9,12-13,19H2,1H3. The van der Waals surface area contributed by atoms with Crippen molar-refractivity contribution >= 4 is 5.91 Å². The van der Waals surface area contributed by atoms with Crippen molar-refractivity contribution in [2.45, 2.75) is 32.0 Å². The van der Waals surface area contributed by atoms with Gasteiger partial charge in [-0.15, -0.1) is 0 Å². The fourth-order valence-corrected chi connectivity index (χ4v) is 3.00. The number of hydrogen-bond donors (Lipinski definition) is 1. The maximum atomic E-state index is 12.6. The molecule has 1 aromatic heterocycles. The van der Waals surface area contributed by atoms with Crippen LogP contribution in [0.15, 0.2) is 42.7 Å². The maximum Gasteiger partial charge on any atom is 0.239 e. The third kappa shape index (κ3) is 4.21. The molecule has 2 heterocycles. The zero-order valence-corrected chi connectivity index (χ0v) is 14.0. The van der Waals surface area contributed by atoms with Gasteiger partial charge in [0.1, 0.15) is 0 Å². The number of nitrogens with two attached hydrogens (primary N) is 1. The van der Waals surface area contributed by atoms with E-state index in [-0.39, 0.29) is 12.0 Å². The molecule has 1 fully saturated rings. The molecule has 0 aliphatic carbocycles. The molecule has 0 spiro atoms. The van der Waals surface area contributed by atoms with Crippen molar-refractivity contribution < 1.29 is 9.53 Å². The van der Waals surface area contributed by atoms with Gasteiger partial charge >= 0.3 is 0 Å². The van der Waals surface area contributed by atoms with E-state index in [1.54, 1.807) is 0 Å². The molecule has 6 nitrogen and oxygen atoms in total. The Labute approximate surface area is 142 Å². The molecule has 2 unspecified atom stereocenters. The van der Waals surface area contributed by atoms with E-state index in [2.05, 4.69) is 5.10 Å². The first-order valence-electron chi connectivity index (χ1n) is 8.31. The molecular formula is C18H24N4O2. The van der Waals surface area contributed by atoms with Gasteiger partial charge in [0.25, 0.3) is 0 Å². The minimum Gasteiger partial charge on any atom is -0.373 e. The fourth-order valence-electron chi connectivity index (χ4n) is 3.00. The minimum absolute atomic E-state index is 0.0104. The molecule has 1 saturated heterocycles. The quantitative estimate of drug-likeness (QED) is 0.888. The summed E-state index contributed by atoms with van der Waals surface area (Å²) in [6, 6.07) is 9.36. The van der Waals surface area contributed by atoms with Gasteiger partial charge in [0.15, 0.2) is 0 Å². The van der Waals surface area contributed by atoms with Crippen molar-refractivity contribution in [1.29, 1.82) is 0 Å². The molecule has 0 bridgehead atoms. The van der Waals surface area contributed by atoms with Gasteiger partial charge in [-0.2, -0.15) is 5.10 Å². The molecule has 6 heteroatoms. The third-order valence-electron chi connectivity index (χ3n) is 4.22. The average Bonchev–Trinajstić information content (AvgIpc) is 3.00. The predicted octanol–water partition coefficient (Wildman–Crippen LogP) is 0.989. The van der Waals surface area contributed by atoms with Crippen LogP contribution in [0.3, 0.4) is 0 Å². The molecule has 1 aliphatic rings. The fraction of sp³-hybridized carbons (Fsp3) is 0.444. The van der Waals surface area contributed by atoms with Crippen molar-refractivity contribution in [2.24, 2.45) is 5.73 Å². The predicted molar refractivity (Wildman–Crippen MR) is 91.4 cm³/mol. The van der Waals surface area contributed by atoms with Gasteiger partial charge in [-0.25, -0.2) is 0 Å². The number of morpholine rings is 1. The van der Waals surface area contributed by atoms with Crippen molar-refractivity contribution in [3.8, 4) is 0 Å². The molecule has 3 rings (SSSR count). The van der Waals surface area contributed by atoms with Gasteiger partial charge in [-0.3, -0.25) is 9.48 Å². The van der Waals surface area contributed by atoms with E-state index < -0.39 is 6.04 Å². The van der Waals surface area contributed by atoms with E-state index in [0.29, 0.717) is 32.7 Å². The smallest absolute Gasteiger partial charge is 0.239 e. The number of aryl methyl sites for hydroxylation is 1. The Balaban J connectivity index is 1.56. The Hall–Kier alpha value is -2.18. The molecule has 2 N–H and O–H groups in total. The summed E-state index contributed by atoms with van der Waals surface area (Å²) in [5.41, 5.74) is 8.33. The normalized spacial score (nSPS) is 19.2. The van der Waals surface area contributed by atoms with Crippen LogP contribution in [0.25, 0.3) is 0 Å². The molecule has 1 aromatic carbocycles. The summed E-state index contributed by atoms with van der Waals surface area (Å²) in [6.07, 6.45) is 4.30. The summed E-state index contributed by atoms with van der Waals surface area (Å²) in [5.74, 6) is -0.0104. The Bertz CT molecular complexity index is 671. The minimum atomic E-state index is -0.516. The highest BCUT2D eigenvalue weighted by Crippen LogP contribution is 2.11. The van der Waals surface area contributed by atoms with Gasteiger partial charge in [0.05, 0.1) is 31.5 Å². The Morgan fingerprint density at radius 2 is 2.21 bits per heavy atom. The average molecular weight is 328 g/mol. The molecule has 2 aromatic rings. The lowest BCUT2D eigenvalue weighted by molar-refractivity contribution is -0.140. The largest absolute Gasteiger partial charge is 0.373 e. The van der Waals surface area contributed by atoms with E-state index >= 15 is 0 Å². The number of benzene rings is 1. The number of amides is 1. The molecule has 2 atom stereocenters. The Morgan fingerprint density at radius 3 is 2.92 bits per heavy atom.